The molecule has 0 bridgehead atoms. The quantitative estimate of drug-likeness (QED) is 0.520. The highest BCUT2D eigenvalue weighted by Crippen LogP contribution is 2.40. The van der Waals surface area contributed by atoms with Crippen molar-refractivity contribution < 1.29 is 14.9 Å². The SMILES string of the molecule is COc1ccc(C2=NN(C(N)=S)C(c3cc(O)c(O)c(Br)c3)C2)cc1. The lowest BCUT2D eigenvalue weighted by molar-refractivity contribution is 0.366. The predicted molar refractivity (Wildman–Crippen MR) is 103 cm³/mol. The van der Waals surface area contributed by atoms with Crippen LogP contribution < -0.4 is 10.5 Å². The van der Waals surface area contributed by atoms with Crippen LogP contribution in [0.15, 0.2) is 46.0 Å². The Labute approximate surface area is 158 Å². The lowest BCUT2D eigenvalue weighted by atomic mass is 9.98. The van der Waals surface area contributed by atoms with Gasteiger partial charge in [-0.1, -0.05) is 0 Å². The molecule has 0 aromatic heterocycles. The van der Waals surface area contributed by atoms with Crippen LogP contribution >= 0.6 is 28.1 Å². The molecule has 0 spiro atoms. The van der Waals surface area contributed by atoms with E-state index in [4.69, 9.17) is 22.7 Å². The van der Waals surface area contributed by atoms with E-state index in [1.54, 1.807) is 18.2 Å². The monoisotopic (exact) mass is 421 g/mol. The van der Waals surface area contributed by atoms with Crippen molar-refractivity contribution in [1.29, 1.82) is 0 Å². The van der Waals surface area contributed by atoms with E-state index in [2.05, 4.69) is 21.0 Å². The number of methoxy groups -OCH3 is 1. The number of benzene rings is 2. The Kier molecular flexibility index (Phi) is 4.82. The average Bonchev–Trinajstić information content (AvgIpc) is 3.05. The summed E-state index contributed by atoms with van der Waals surface area (Å²) in [6.07, 6.45) is 0.556. The van der Waals surface area contributed by atoms with Crippen molar-refractivity contribution in [3.05, 3.63) is 52.0 Å². The maximum Gasteiger partial charge on any atom is 0.187 e. The van der Waals surface area contributed by atoms with E-state index >= 15 is 0 Å². The number of hydrogen-bond donors (Lipinski definition) is 3. The van der Waals surface area contributed by atoms with Gasteiger partial charge in [0.05, 0.1) is 23.3 Å². The maximum absolute atomic E-state index is 9.89. The van der Waals surface area contributed by atoms with Crippen molar-refractivity contribution >= 4 is 39.0 Å². The van der Waals surface area contributed by atoms with Crippen LogP contribution in [0.4, 0.5) is 0 Å². The van der Waals surface area contributed by atoms with Crippen LogP contribution in [-0.4, -0.2) is 33.2 Å². The highest BCUT2D eigenvalue weighted by atomic mass is 79.9. The Morgan fingerprint density at radius 3 is 2.56 bits per heavy atom. The zero-order valence-corrected chi connectivity index (χ0v) is 15.7. The third-order valence-electron chi connectivity index (χ3n) is 4.01. The number of phenols is 2. The first kappa shape index (κ1) is 17.5. The van der Waals surface area contributed by atoms with Crippen LogP contribution in [0.25, 0.3) is 0 Å². The minimum Gasteiger partial charge on any atom is -0.504 e. The molecule has 130 valence electrons. The van der Waals surface area contributed by atoms with E-state index in [9.17, 15) is 10.2 Å². The van der Waals surface area contributed by atoms with Crippen LogP contribution in [-0.2, 0) is 0 Å². The molecule has 2 aromatic carbocycles. The Hall–Kier alpha value is -2.32. The van der Waals surface area contributed by atoms with E-state index in [1.165, 1.54) is 6.07 Å². The van der Waals surface area contributed by atoms with Gasteiger partial charge in [-0.15, -0.1) is 0 Å². The second kappa shape index (κ2) is 6.89. The first-order valence-electron chi connectivity index (χ1n) is 7.42. The molecular formula is C17H16BrN3O3S. The molecule has 3 rings (SSSR count). The van der Waals surface area contributed by atoms with Gasteiger partial charge in [-0.3, -0.25) is 0 Å². The van der Waals surface area contributed by atoms with Crippen molar-refractivity contribution in [3.63, 3.8) is 0 Å². The number of nitrogens with zero attached hydrogens (tertiary/aromatic N) is 2. The molecule has 1 aliphatic rings. The van der Waals surface area contributed by atoms with Crippen molar-refractivity contribution in [1.82, 2.24) is 5.01 Å². The molecule has 25 heavy (non-hydrogen) atoms. The van der Waals surface area contributed by atoms with Crippen LogP contribution in [0.3, 0.4) is 0 Å². The van der Waals surface area contributed by atoms with Gasteiger partial charge >= 0.3 is 0 Å². The number of thiocarbonyl (C=S) groups is 1. The topological polar surface area (TPSA) is 91.3 Å². The summed E-state index contributed by atoms with van der Waals surface area (Å²) in [7, 11) is 1.61. The van der Waals surface area contributed by atoms with E-state index in [1.807, 2.05) is 24.3 Å². The molecule has 6 nitrogen and oxygen atoms in total. The van der Waals surface area contributed by atoms with E-state index < -0.39 is 0 Å². The second-order valence-corrected chi connectivity index (χ2v) is 6.82. The van der Waals surface area contributed by atoms with Gasteiger partial charge in [0.15, 0.2) is 16.6 Å². The molecule has 0 saturated carbocycles. The zero-order chi connectivity index (χ0) is 18.1. The molecule has 1 aliphatic heterocycles. The largest absolute Gasteiger partial charge is 0.504 e. The molecule has 0 fully saturated rings. The van der Waals surface area contributed by atoms with Gasteiger partial charge < -0.3 is 20.7 Å². The molecule has 0 radical (unpaired) electrons. The van der Waals surface area contributed by atoms with Gasteiger partial charge in [0.1, 0.15) is 5.75 Å². The number of hydrazone groups is 1. The molecule has 0 aliphatic carbocycles. The summed E-state index contributed by atoms with van der Waals surface area (Å²) in [5.74, 6) is 0.336. The van der Waals surface area contributed by atoms with Gasteiger partial charge in [0.25, 0.3) is 0 Å². The average molecular weight is 422 g/mol. The van der Waals surface area contributed by atoms with E-state index in [0.29, 0.717) is 10.9 Å². The van der Waals surface area contributed by atoms with Gasteiger partial charge in [0, 0.05) is 6.42 Å². The maximum atomic E-state index is 9.89. The number of rotatable bonds is 3. The summed E-state index contributed by atoms with van der Waals surface area (Å²) >= 11 is 8.35. The number of ether oxygens (including phenoxy) is 1. The van der Waals surface area contributed by atoms with E-state index in [-0.39, 0.29) is 22.7 Å². The molecule has 1 unspecified atom stereocenters. The summed E-state index contributed by atoms with van der Waals surface area (Å²) in [4.78, 5) is 0. The normalized spacial score (nSPS) is 16.6. The van der Waals surface area contributed by atoms with E-state index in [0.717, 1.165) is 22.6 Å². The molecule has 4 N–H and O–H groups in total. The fourth-order valence-corrected chi connectivity index (χ4v) is 3.36. The standard InChI is InChI=1S/C17H16BrN3O3S/c1-24-11-4-2-9(3-5-11)13-8-14(21(20-13)17(19)25)10-6-12(18)16(23)15(22)7-10/h2-7,14,22-23H,8H2,1H3,(H2,19,25). The summed E-state index contributed by atoms with van der Waals surface area (Å²) in [6.45, 7) is 0. The van der Waals surface area contributed by atoms with Crippen LogP contribution in [0.5, 0.6) is 17.2 Å². The molecule has 1 atom stereocenters. The van der Waals surface area contributed by atoms with Gasteiger partial charge in [-0.2, -0.15) is 5.10 Å². The Morgan fingerprint density at radius 2 is 2.00 bits per heavy atom. The van der Waals surface area contributed by atoms with Crippen LogP contribution in [0, 0.1) is 0 Å². The van der Waals surface area contributed by atoms with Crippen LogP contribution in [0.2, 0.25) is 0 Å². The summed E-state index contributed by atoms with van der Waals surface area (Å²) < 4.78 is 5.56. The molecular weight excluding hydrogens is 406 g/mol. The lowest BCUT2D eigenvalue weighted by Crippen LogP contribution is -2.31. The Bertz CT molecular complexity index is 832. The summed E-state index contributed by atoms with van der Waals surface area (Å²) in [6, 6.07) is 10.5. The molecule has 0 saturated heterocycles. The minimum atomic E-state index is -0.266. The Balaban J connectivity index is 1.95. The fraction of sp³-hybridized carbons (Fsp3) is 0.176. The highest BCUT2D eigenvalue weighted by Gasteiger charge is 2.31. The molecule has 0 amide bonds. The van der Waals surface area contributed by atoms with Gasteiger partial charge in [-0.05, 0) is 75.7 Å². The number of aromatic hydroxyl groups is 2. The number of hydrogen-bond acceptors (Lipinski definition) is 5. The first-order valence-corrected chi connectivity index (χ1v) is 8.62. The highest BCUT2D eigenvalue weighted by molar-refractivity contribution is 9.10. The minimum absolute atomic E-state index is 0.136. The Morgan fingerprint density at radius 1 is 1.32 bits per heavy atom. The lowest BCUT2D eigenvalue weighted by Gasteiger charge is -2.22. The predicted octanol–water partition coefficient (Wildman–Crippen LogP) is 3.26. The molecule has 1 heterocycles. The third-order valence-corrected chi connectivity index (χ3v) is 4.80. The smallest absolute Gasteiger partial charge is 0.187 e. The fourth-order valence-electron chi connectivity index (χ4n) is 2.73. The second-order valence-electron chi connectivity index (χ2n) is 5.55. The number of halogens is 1. The van der Waals surface area contributed by atoms with Crippen molar-refractivity contribution in [2.24, 2.45) is 10.8 Å². The third kappa shape index (κ3) is 3.40. The number of phenolic OH excluding ortho intramolecular Hbond substituents is 2. The van der Waals surface area contributed by atoms with Crippen molar-refractivity contribution in [2.75, 3.05) is 7.11 Å². The van der Waals surface area contributed by atoms with Crippen molar-refractivity contribution in [2.45, 2.75) is 12.5 Å². The van der Waals surface area contributed by atoms with Crippen molar-refractivity contribution in [3.8, 4) is 17.2 Å². The molecule has 8 heteroatoms. The zero-order valence-electron chi connectivity index (χ0n) is 13.3. The molecule has 2 aromatic rings. The van der Waals surface area contributed by atoms with Crippen LogP contribution in [0.1, 0.15) is 23.6 Å². The number of nitrogens with two attached hydrogens (primary N) is 1. The summed E-state index contributed by atoms with van der Waals surface area (Å²) in [5, 5.41) is 25.8. The van der Waals surface area contributed by atoms with Gasteiger partial charge in [0.2, 0.25) is 0 Å². The first-order chi connectivity index (χ1) is 11.9. The summed E-state index contributed by atoms with van der Waals surface area (Å²) in [5.41, 5.74) is 8.32. The van der Waals surface area contributed by atoms with Gasteiger partial charge in [-0.25, -0.2) is 5.01 Å².